The number of amides is 1. The van der Waals surface area contributed by atoms with Crippen molar-refractivity contribution in [3.63, 3.8) is 0 Å². The highest BCUT2D eigenvalue weighted by Crippen LogP contribution is 2.33. The van der Waals surface area contributed by atoms with Crippen molar-refractivity contribution in [3.05, 3.63) is 60.0 Å². The van der Waals surface area contributed by atoms with Crippen molar-refractivity contribution in [2.45, 2.75) is 38.3 Å². The third kappa shape index (κ3) is 4.15. The number of hydrogen-bond donors (Lipinski definition) is 1. The molecule has 1 aliphatic carbocycles. The number of ether oxygens (including phenoxy) is 2. The molecule has 156 valence electrons. The van der Waals surface area contributed by atoms with Crippen LogP contribution in [-0.2, 0) is 6.54 Å². The number of hydrogen-bond acceptors (Lipinski definition) is 5. The summed E-state index contributed by atoms with van der Waals surface area (Å²) in [4.78, 5) is 16.8. The van der Waals surface area contributed by atoms with Crippen molar-refractivity contribution in [2.75, 3.05) is 14.2 Å². The first-order chi connectivity index (χ1) is 14.7. The molecule has 0 radical (unpaired) electrons. The van der Waals surface area contributed by atoms with Gasteiger partial charge in [0.1, 0.15) is 0 Å². The number of methoxy groups -OCH3 is 2. The van der Waals surface area contributed by atoms with E-state index in [1.807, 2.05) is 12.1 Å². The van der Waals surface area contributed by atoms with Crippen LogP contribution in [0.2, 0.25) is 0 Å². The fourth-order valence-electron chi connectivity index (χ4n) is 3.95. The summed E-state index contributed by atoms with van der Waals surface area (Å²) >= 11 is 0. The highest BCUT2D eigenvalue weighted by atomic mass is 16.5. The van der Waals surface area contributed by atoms with Crippen molar-refractivity contribution >= 4 is 5.91 Å². The molecular weight excluding hydrogens is 380 g/mol. The van der Waals surface area contributed by atoms with Gasteiger partial charge in [0.05, 0.1) is 38.2 Å². The van der Waals surface area contributed by atoms with Gasteiger partial charge in [-0.15, -0.1) is 0 Å². The third-order valence-electron chi connectivity index (χ3n) is 5.51. The fourth-order valence-corrected chi connectivity index (χ4v) is 3.95. The Morgan fingerprint density at radius 3 is 2.50 bits per heavy atom. The highest BCUT2D eigenvalue weighted by molar-refractivity contribution is 5.94. The second-order valence-electron chi connectivity index (χ2n) is 7.39. The third-order valence-corrected chi connectivity index (χ3v) is 5.51. The number of pyridine rings is 1. The molecular formula is C23H26N4O3. The maximum absolute atomic E-state index is 12.7. The molecule has 0 aliphatic heterocycles. The Bertz CT molecular complexity index is 1010. The summed E-state index contributed by atoms with van der Waals surface area (Å²) in [7, 11) is 3.12. The van der Waals surface area contributed by atoms with E-state index in [0.29, 0.717) is 29.6 Å². The Kier molecular flexibility index (Phi) is 5.97. The first-order valence-electron chi connectivity index (χ1n) is 10.2. The smallest absolute Gasteiger partial charge is 0.251 e. The molecule has 1 N–H and O–H groups in total. The predicted octanol–water partition coefficient (Wildman–Crippen LogP) is 4.01. The van der Waals surface area contributed by atoms with Gasteiger partial charge >= 0.3 is 0 Å². The summed E-state index contributed by atoms with van der Waals surface area (Å²) < 4.78 is 12.6. The normalized spacial score (nSPS) is 13.9. The SMILES string of the molecule is COc1ccc(C(=O)NCc2cc(-c3ccncc3)n(C3CCCC3)n2)cc1OC. The summed E-state index contributed by atoms with van der Waals surface area (Å²) in [5, 5.41) is 7.80. The van der Waals surface area contributed by atoms with Crippen molar-refractivity contribution in [1.82, 2.24) is 20.1 Å². The van der Waals surface area contributed by atoms with Gasteiger partial charge in [0.15, 0.2) is 11.5 Å². The lowest BCUT2D eigenvalue weighted by Gasteiger charge is -2.14. The average Bonchev–Trinajstić information content (AvgIpc) is 3.47. The number of aromatic nitrogens is 3. The van der Waals surface area contributed by atoms with E-state index < -0.39 is 0 Å². The van der Waals surface area contributed by atoms with E-state index in [-0.39, 0.29) is 5.91 Å². The molecule has 7 heteroatoms. The Morgan fingerprint density at radius 1 is 1.07 bits per heavy atom. The van der Waals surface area contributed by atoms with Crippen LogP contribution in [-0.4, -0.2) is 34.9 Å². The monoisotopic (exact) mass is 406 g/mol. The molecule has 1 amide bonds. The van der Waals surface area contributed by atoms with Gasteiger partial charge in [-0.2, -0.15) is 5.10 Å². The Hall–Kier alpha value is -3.35. The molecule has 1 aliphatic rings. The highest BCUT2D eigenvalue weighted by Gasteiger charge is 2.22. The molecule has 0 bridgehead atoms. The van der Waals surface area contributed by atoms with Gasteiger partial charge in [0, 0.05) is 23.5 Å². The Morgan fingerprint density at radius 2 is 1.80 bits per heavy atom. The number of nitrogens with one attached hydrogen (secondary N) is 1. The minimum Gasteiger partial charge on any atom is -0.493 e. The summed E-state index contributed by atoms with van der Waals surface area (Å²) in [5.74, 6) is 0.929. The maximum atomic E-state index is 12.7. The van der Waals surface area contributed by atoms with Gasteiger partial charge < -0.3 is 14.8 Å². The summed E-state index contributed by atoms with van der Waals surface area (Å²) in [6, 6.07) is 11.6. The molecule has 0 unspecified atom stereocenters. The number of benzene rings is 1. The van der Waals surface area contributed by atoms with E-state index >= 15 is 0 Å². The summed E-state index contributed by atoms with van der Waals surface area (Å²) in [6.07, 6.45) is 8.31. The molecule has 1 saturated carbocycles. The number of nitrogens with zero attached hydrogens (tertiary/aromatic N) is 3. The first-order valence-corrected chi connectivity index (χ1v) is 10.2. The van der Waals surface area contributed by atoms with Crippen molar-refractivity contribution in [3.8, 4) is 22.8 Å². The van der Waals surface area contributed by atoms with Gasteiger partial charge in [0.2, 0.25) is 0 Å². The average molecular weight is 406 g/mol. The van der Waals surface area contributed by atoms with Crippen LogP contribution in [0.4, 0.5) is 0 Å². The topological polar surface area (TPSA) is 78.3 Å². The van der Waals surface area contributed by atoms with Crippen molar-refractivity contribution in [2.24, 2.45) is 0 Å². The molecule has 1 fully saturated rings. The number of carbonyl (C=O) groups is 1. The van der Waals surface area contributed by atoms with Crippen LogP contribution in [0.5, 0.6) is 11.5 Å². The van der Waals surface area contributed by atoms with E-state index in [4.69, 9.17) is 14.6 Å². The Balaban J connectivity index is 1.53. The van der Waals surface area contributed by atoms with Gasteiger partial charge in [-0.25, -0.2) is 0 Å². The molecule has 4 rings (SSSR count). The number of rotatable bonds is 7. The van der Waals surface area contributed by atoms with Crippen LogP contribution < -0.4 is 14.8 Å². The molecule has 0 saturated heterocycles. The lowest BCUT2D eigenvalue weighted by Crippen LogP contribution is -2.23. The molecule has 2 heterocycles. The largest absolute Gasteiger partial charge is 0.493 e. The van der Waals surface area contributed by atoms with Crippen LogP contribution in [0.3, 0.4) is 0 Å². The van der Waals surface area contributed by atoms with Gasteiger partial charge in [-0.1, -0.05) is 12.8 Å². The van der Waals surface area contributed by atoms with Crippen molar-refractivity contribution in [1.29, 1.82) is 0 Å². The lowest BCUT2D eigenvalue weighted by molar-refractivity contribution is 0.0950. The van der Waals surface area contributed by atoms with E-state index in [1.54, 1.807) is 44.8 Å². The van der Waals surface area contributed by atoms with Gasteiger partial charge in [0.25, 0.3) is 5.91 Å². The van der Waals surface area contributed by atoms with E-state index in [0.717, 1.165) is 29.8 Å². The number of carbonyl (C=O) groups excluding carboxylic acids is 1. The maximum Gasteiger partial charge on any atom is 0.251 e. The fraction of sp³-hybridized carbons (Fsp3) is 0.348. The van der Waals surface area contributed by atoms with Gasteiger partial charge in [-0.3, -0.25) is 14.5 Å². The zero-order chi connectivity index (χ0) is 20.9. The minimum absolute atomic E-state index is 0.183. The summed E-state index contributed by atoms with van der Waals surface area (Å²) in [6.45, 7) is 0.352. The molecule has 0 spiro atoms. The minimum atomic E-state index is -0.183. The molecule has 0 atom stereocenters. The zero-order valence-electron chi connectivity index (χ0n) is 17.3. The van der Waals surface area contributed by atoms with E-state index in [2.05, 4.69) is 21.0 Å². The predicted molar refractivity (Wildman–Crippen MR) is 114 cm³/mol. The molecule has 3 aromatic rings. The molecule has 30 heavy (non-hydrogen) atoms. The van der Waals surface area contributed by atoms with Crippen LogP contribution in [0.25, 0.3) is 11.3 Å². The first kappa shape index (κ1) is 19.9. The van der Waals surface area contributed by atoms with Crippen LogP contribution in [0.1, 0.15) is 47.8 Å². The second kappa shape index (κ2) is 8.98. The molecule has 7 nitrogen and oxygen atoms in total. The van der Waals surface area contributed by atoms with Gasteiger partial charge in [-0.05, 0) is 49.2 Å². The zero-order valence-corrected chi connectivity index (χ0v) is 17.3. The summed E-state index contributed by atoms with van der Waals surface area (Å²) in [5.41, 5.74) is 3.50. The molecule has 2 aromatic heterocycles. The molecule has 1 aromatic carbocycles. The Labute approximate surface area is 176 Å². The van der Waals surface area contributed by atoms with Crippen LogP contribution in [0.15, 0.2) is 48.8 Å². The second-order valence-corrected chi connectivity index (χ2v) is 7.39. The lowest BCUT2D eigenvalue weighted by atomic mass is 10.1. The van der Waals surface area contributed by atoms with Crippen LogP contribution >= 0.6 is 0 Å². The van der Waals surface area contributed by atoms with E-state index in [9.17, 15) is 4.79 Å². The van der Waals surface area contributed by atoms with E-state index in [1.165, 1.54) is 12.8 Å². The van der Waals surface area contributed by atoms with Crippen LogP contribution in [0, 0.1) is 0 Å². The standard InChI is InChI=1S/C23H26N4O3/c1-29-21-8-7-17(13-22(21)30-2)23(28)25-15-18-14-20(16-9-11-24-12-10-16)27(26-18)19-5-3-4-6-19/h7-14,19H,3-6,15H2,1-2H3,(H,25,28). The quantitative estimate of drug-likeness (QED) is 0.641. The van der Waals surface area contributed by atoms with Crippen molar-refractivity contribution < 1.29 is 14.3 Å².